The number of hydrogen-bond donors (Lipinski definition) is 3. The number of ether oxygens (including phenoxy) is 2. The number of methoxy groups -OCH3 is 1. The number of benzene rings is 2. The number of carbonyl (C=O) groups excluding carboxylic acids is 2. The van der Waals surface area contributed by atoms with Crippen LogP contribution in [-0.2, 0) is 4.79 Å². The summed E-state index contributed by atoms with van der Waals surface area (Å²) in [7, 11) is 1.52. The number of carbonyl (C=O) groups is 2. The molecular formula is C21H27N3O4. The van der Waals surface area contributed by atoms with Gasteiger partial charge < -0.3 is 14.8 Å². The van der Waals surface area contributed by atoms with E-state index in [1.54, 1.807) is 18.2 Å². The summed E-state index contributed by atoms with van der Waals surface area (Å²) >= 11 is 0. The Hall–Kier alpha value is -3.22. The van der Waals surface area contributed by atoms with Crippen LogP contribution in [0.5, 0.6) is 11.5 Å². The first-order chi connectivity index (χ1) is 13.5. The van der Waals surface area contributed by atoms with Gasteiger partial charge in [0.05, 0.1) is 20.3 Å². The van der Waals surface area contributed by atoms with E-state index in [0.717, 1.165) is 24.1 Å². The van der Waals surface area contributed by atoms with Crippen molar-refractivity contribution < 1.29 is 19.1 Å². The lowest BCUT2D eigenvalue weighted by Gasteiger charge is -2.13. The summed E-state index contributed by atoms with van der Waals surface area (Å²) in [5.41, 5.74) is 7.10. The van der Waals surface area contributed by atoms with Crippen molar-refractivity contribution in [2.24, 2.45) is 0 Å². The molecule has 28 heavy (non-hydrogen) atoms. The molecule has 2 amide bonds. The molecule has 150 valence electrons. The summed E-state index contributed by atoms with van der Waals surface area (Å²) < 4.78 is 10.9. The van der Waals surface area contributed by atoms with Crippen molar-refractivity contribution in [1.82, 2.24) is 10.9 Å². The highest BCUT2D eigenvalue weighted by Gasteiger charge is 2.12. The SMILES string of the molecule is CCCCOc1ccc(C(=O)NNC(=O)CNc2ccc(C)cc2)cc1OC. The first-order valence-corrected chi connectivity index (χ1v) is 9.24. The van der Waals surface area contributed by atoms with Crippen LogP contribution in [0.25, 0.3) is 0 Å². The predicted molar refractivity (Wildman–Crippen MR) is 109 cm³/mol. The minimum atomic E-state index is -0.443. The Labute approximate surface area is 165 Å². The Morgan fingerprint density at radius 2 is 1.75 bits per heavy atom. The molecule has 0 radical (unpaired) electrons. The third-order valence-corrected chi connectivity index (χ3v) is 4.00. The Bertz CT molecular complexity index is 791. The first kappa shape index (κ1) is 21.1. The van der Waals surface area contributed by atoms with E-state index in [1.807, 2.05) is 31.2 Å². The lowest BCUT2D eigenvalue weighted by Crippen LogP contribution is -2.44. The number of nitrogens with one attached hydrogen (secondary N) is 3. The van der Waals surface area contributed by atoms with Gasteiger partial charge in [-0.25, -0.2) is 0 Å². The molecule has 0 saturated heterocycles. The molecule has 0 spiro atoms. The molecule has 2 aromatic rings. The summed E-state index contributed by atoms with van der Waals surface area (Å²) in [6.45, 7) is 4.70. The summed E-state index contributed by atoms with van der Waals surface area (Å²) in [5.74, 6) is 0.248. The zero-order valence-electron chi connectivity index (χ0n) is 16.5. The second-order valence-electron chi connectivity index (χ2n) is 6.29. The van der Waals surface area contributed by atoms with Crippen LogP contribution >= 0.6 is 0 Å². The molecule has 3 N–H and O–H groups in total. The molecular weight excluding hydrogens is 358 g/mol. The van der Waals surface area contributed by atoms with Gasteiger partial charge >= 0.3 is 0 Å². The van der Waals surface area contributed by atoms with E-state index in [4.69, 9.17) is 9.47 Å². The standard InChI is InChI=1S/C21H27N3O4/c1-4-5-12-28-18-11-8-16(13-19(18)27-3)21(26)24-23-20(25)14-22-17-9-6-15(2)7-10-17/h6-11,13,22H,4-5,12,14H2,1-3H3,(H,23,25)(H,24,26). The van der Waals surface area contributed by atoms with Crippen molar-refractivity contribution >= 4 is 17.5 Å². The monoisotopic (exact) mass is 385 g/mol. The Kier molecular flexibility index (Phi) is 8.14. The second-order valence-corrected chi connectivity index (χ2v) is 6.29. The fourth-order valence-electron chi connectivity index (χ4n) is 2.35. The topological polar surface area (TPSA) is 88.7 Å². The largest absolute Gasteiger partial charge is 0.493 e. The Morgan fingerprint density at radius 3 is 2.43 bits per heavy atom. The van der Waals surface area contributed by atoms with E-state index in [-0.39, 0.29) is 12.5 Å². The minimum Gasteiger partial charge on any atom is -0.493 e. The number of rotatable bonds is 9. The van der Waals surface area contributed by atoms with Crippen molar-refractivity contribution in [2.75, 3.05) is 25.6 Å². The highest BCUT2D eigenvalue weighted by Crippen LogP contribution is 2.28. The number of anilines is 1. The predicted octanol–water partition coefficient (Wildman–Crippen LogP) is 3.06. The van der Waals surface area contributed by atoms with Crippen LogP contribution < -0.4 is 25.6 Å². The molecule has 2 aromatic carbocycles. The molecule has 7 nitrogen and oxygen atoms in total. The van der Waals surface area contributed by atoms with Gasteiger partial charge in [-0.2, -0.15) is 0 Å². The summed E-state index contributed by atoms with van der Waals surface area (Å²) in [6, 6.07) is 12.6. The van der Waals surface area contributed by atoms with E-state index in [2.05, 4.69) is 23.1 Å². The van der Waals surface area contributed by atoms with Crippen molar-refractivity contribution in [1.29, 1.82) is 0 Å². The first-order valence-electron chi connectivity index (χ1n) is 9.24. The molecule has 0 saturated carbocycles. The molecule has 7 heteroatoms. The van der Waals surface area contributed by atoms with Crippen LogP contribution in [0.4, 0.5) is 5.69 Å². The third kappa shape index (κ3) is 6.50. The van der Waals surface area contributed by atoms with E-state index < -0.39 is 5.91 Å². The molecule has 0 aliphatic carbocycles. The molecule has 0 heterocycles. The molecule has 0 atom stereocenters. The zero-order chi connectivity index (χ0) is 20.4. The van der Waals surface area contributed by atoms with Crippen molar-refractivity contribution in [3.05, 3.63) is 53.6 Å². The fourth-order valence-corrected chi connectivity index (χ4v) is 2.35. The second kappa shape index (κ2) is 10.8. The van der Waals surface area contributed by atoms with Crippen molar-refractivity contribution in [3.63, 3.8) is 0 Å². The average Bonchev–Trinajstić information content (AvgIpc) is 2.71. The zero-order valence-corrected chi connectivity index (χ0v) is 16.5. The van der Waals surface area contributed by atoms with Crippen LogP contribution in [0.2, 0.25) is 0 Å². The van der Waals surface area contributed by atoms with Crippen LogP contribution in [0, 0.1) is 6.92 Å². The van der Waals surface area contributed by atoms with E-state index in [0.29, 0.717) is 23.7 Å². The minimum absolute atomic E-state index is 0.0386. The average molecular weight is 385 g/mol. The maximum atomic E-state index is 12.3. The maximum Gasteiger partial charge on any atom is 0.269 e. The van der Waals surface area contributed by atoms with Crippen LogP contribution in [0.3, 0.4) is 0 Å². The number of hydrazine groups is 1. The number of unbranched alkanes of at least 4 members (excludes halogenated alkanes) is 1. The van der Waals surface area contributed by atoms with Gasteiger partial charge in [0.15, 0.2) is 11.5 Å². The van der Waals surface area contributed by atoms with Crippen molar-refractivity contribution in [3.8, 4) is 11.5 Å². The van der Waals surface area contributed by atoms with E-state index in [1.165, 1.54) is 7.11 Å². The van der Waals surface area contributed by atoms with Crippen molar-refractivity contribution in [2.45, 2.75) is 26.7 Å². The number of hydrogen-bond acceptors (Lipinski definition) is 5. The molecule has 0 bridgehead atoms. The molecule has 2 rings (SSSR count). The van der Waals surface area contributed by atoms with Gasteiger partial charge in [-0.3, -0.25) is 20.4 Å². The molecule has 0 unspecified atom stereocenters. The Balaban J connectivity index is 1.84. The number of amides is 2. The van der Waals surface area contributed by atoms with Gasteiger partial charge in [-0.05, 0) is 43.7 Å². The molecule has 0 aliphatic rings. The van der Waals surface area contributed by atoms with Crippen LogP contribution in [0.15, 0.2) is 42.5 Å². The van der Waals surface area contributed by atoms with Gasteiger partial charge in [0.2, 0.25) is 0 Å². The van der Waals surface area contributed by atoms with Gasteiger partial charge in [-0.15, -0.1) is 0 Å². The summed E-state index contributed by atoms with van der Waals surface area (Å²) in [5, 5.41) is 2.99. The molecule has 0 fully saturated rings. The smallest absolute Gasteiger partial charge is 0.269 e. The normalized spacial score (nSPS) is 10.1. The quantitative estimate of drug-likeness (QED) is 0.456. The number of aryl methyl sites for hydroxylation is 1. The fraction of sp³-hybridized carbons (Fsp3) is 0.333. The van der Waals surface area contributed by atoms with Gasteiger partial charge in [-0.1, -0.05) is 31.0 Å². The van der Waals surface area contributed by atoms with Gasteiger partial charge in [0.25, 0.3) is 11.8 Å². The van der Waals surface area contributed by atoms with Gasteiger partial charge in [0, 0.05) is 11.3 Å². The lowest BCUT2D eigenvalue weighted by molar-refractivity contribution is -0.120. The lowest BCUT2D eigenvalue weighted by atomic mass is 10.2. The van der Waals surface area contributed by atoms with Crippen LogP contribution in [-0.4, -0.2) is 32.1 Å². The third-order valence-electron chi connectivity index (χ3n) is 4.00. The highest BCUT2D eigenvalue weighted by molar-refractivity contribution is 5.96. The van der Waals surface area contributed by atoms with Gasteiger partial charge in [0.1, 0.15) is 0 Å². The highest BCUT2D eigenvalue weighted by atomic mass is 16.5. The summed E-state index contributed by atoms with van der Waals surface area (Å²) in [6.07, 6.45) is 1.97. The molecule has 0 aromatic heterocycles. The van der Waals surface area contributed by atoms with E-state index >= 15 is 0 Å². The molecule has 0 aliphatic heterocycles. The Morgan fingerprint density at radius 1 is 1.00 bits per heavy atom. The van der Waals surface area contributed by atoms with E-state index in [9.17, 15) is 9.59 Å². The maximum absolute atomic E-state index is 12.3. The summed E-state index contributed by atoms with van der Waals surface area (Å²) in [4.78, 5) is 24.2. The van der Waals surface area contributed by atoms with Crippen LogP contribution in [0.1, 0.15) is 35.7 Å².